The van der Waals surface area contributed by atoms with Crippen LogP contribution in [0.25, 0.3) is 11.5 Å². The highest BCUT2D eigenvalue weighted by molar-refractivity contribution is 5.73. The molecule has 1 amide bonds. The maximum atomic E-state index is 11.4. The van der Waals surface area contributed by atoms with Gasteiger partial charge < -0.3 is 14.4 Å². The van der Waals surface area contributed by atoms with Gasteiger partial charge in [0.15, 0.2) is 0 Å². The van der Waals surface area contributed by atoms with Crippen LogP contribution in [-0.2, 0) is 29.0 Å². The fraction of sp³-hybridized carbons (Fsp3) is 0.312. The fourth-order valence-corrected chi connectivity index (χ4v) is 2.53. The van der Waals surface area contributed by atoms with E-state index in [1.54, 1.807) is 36.1 Å². The van der Waals surface area contributed by atoms with Crippen molar-refractivity contribution < 1.29 is 19.1 Å². The number of aromatic nitrogens is 1. The number of fused-ring (bicyclic) bond motifs is 1. The summed E-state index contributed by atoms with van der Waals surface area (Å²) in [4.78, 5) is 28.3. The first kappa shape index (κ1) is 14.3. The third-order valence-corrected chi connectivity index (χ3v) is 3.73. The van der Waals surface area contributed by atoms with Gasteiger partial charge in [0.2, 0.25) is 11.8 Å². The quantitative estimate of drug-likeness (QED) is 0.935. The lowest BCUT2D eigenvalue weighted by Crippen LogP contribution is -2.33. The van der Waals surface area contributed by atoms with Crippen molar-refractivity contribution in [2.45, 2.75) is 26.3 Å². The Balaban J connectivity index is 1.82. The number of carbonyl (C=O) groups is 2. The smallest absolute Gasteiger partial charge is 0.307 e. The Morgan fingerprint density at radius 3 is 2.68 bits per heavy atom. The topological polar surface area (TPSA) is 83.6 Å². The number of aliphatic carboxylic acids is 1. The molecule has 0 bridgehead atoms. The number of hydrogen-bond acceptors (Lipinski definition) is 4. The van der Waals surface area contributed by atoms with Gasteiger partial charge in [-0.3, -0.25) is 9.59 Å². The Morgan fingerprint density at radius 1 is 1.32 bits per heavy atom. The van der Waals surface area contributed by atoms with Crippen molar-refractivity contribution in [2.24, 2.45) is 0 Å². The molecule has 0 radical (unpaired) electrons. The zero-order valence-electron chi connectivity index (χ0n) is 12.2. The van der Waals surface area contributed by atoms with Crippen molar-refractivity contribution in [2.75, 3.05) is 6.54 Å². The lowest BCUT2D eigenvalue weighted by atomic mass is 10.1. The van der Waals surface area contributed by atoms with Gasteiger partial charge in [0.05, 0.1) is 13.0 Å². The van der Waals surface area contributed by atoms with E-state index < -0.39 is 5.97 Å². The van der Waals surface area contributed by atoms with E-state index in [0.29, 0.717) is 25.4 Å². The average Bonchev–Trinajstić information content (AvgIpc) is 2.90. The van der Waals surface area contributed by atoms with E-state index in [1.807, 2.05) is 0 Å². The van der Waals surface area contributed by atoms with E-state index in [1.165, 1.54) is 0 Å². The first-order valence-electron chi connectivity index (χ1n) is 7.08. The normalized spacial score (nSPS) is 13.8. The van der Waals surface area contributed by atoms with Crippen LogP contribution in [-0.4, -0.2) is 33.4 Å². The molecule has 0 atom stereocenters. The second-order valence-electron chi connectivity index (χ2n) is 5.35. The van der Waals surface area contributed by atoms with Gasteiger partial charge in [-0.25, -0.2) is 4.98 Å². The molecule has 22 heavy (non-hydrogen) atoms. The minimum Gasteiger partial charge on any atom is -0.481 e. The van der Waals surface area contributed by atoms with Crippen LogP contribution in [0.15, 0.2) is 28.7 Å². The third-order valence-electron chi connectivity index (χ3n) is 3.73. The number of amides is 1. The number of nitrogens with zero attached hydrogens (tertiary/aromatic N) is 2. The van der Waals surface area contributed by atoms with E-state index in [4.69, 9.17) is 9.52 Å². The van der Waals surface area contributed by atoms with E-state index in [9.17, 15) is 9.59 Å². The summed E-state index contributed by atoms with van der Waals surface area (Å²) in [6.45, 7) is 2.67. The molecule has 6 heteroatoms. The summed E-state index contributed by atoms with van der Waals surface area (Å²) in [5.74, 6) is 0.510. The molecule has 2 aromatic rings. The Morgan fingerprint density at radius 2 is 2.05 bits per heavy atom. The molecule has 2 heterocycles. The molecule has 114 valence electrons. The molecule has 3 rings (SSSR count). The number of oxazole rings is 1. The Bertz CT molecular complexity index is 718. The molecule has 0 saturated carbocycles. The monoisotopic (exact) mass is 300 g/mol. The summed E-state index contributed by atoms with van der Waals surface area (Å²) in [7, 11) is 0. The predicted octanol–water partition coefficient (Wildman–Crippen LogP) is 1.87. The Labute approximate surface area is 127 Å². The van der Waals surface area contributed by atoms with E-state index >= 15 is 0 Å². The van der Waals surface area contributed by atoms with Crippen LogP contribution >= 0.6 is 0 Å². The summed E-state index contributed by atoms with van der Waals surface area (Å²) in [5, 5.41) is 8.77. The van der Waals surface area contributed by atoms with Crippen LogP contribution in [0, 0.1) is 0 Å². The number of hydrogen-bond donors (Lipinski definition) is 1. The van der Waals surface area contributed by atoms with Gasteiger partial charge in [-0.15, -0.1) is 0 Å². The van der Waals surface area contributed by atoms with E-state index in [-0.39, 0.29) is 12.3 Å². The van der Waals surface area contributed by atoms with Crippen LogP contribution in [0.3, 0.4) is 0 Å². The molecular formula is C16H16N2O4. The number of carboxylic acid groups (broad SMARTS) is 1. The lowest BCUT2D eigenvalue weighted by molar-refractivity contribution is -0.136. The third kappa shape index (κ3) is 2.86. The van der Waals surface area contributed by atoms with Crippen molar-refractivity contribution in [3.05, 3.63) is 41.3 Å². The first-order valence-corrected chi connectivity index (χ1v) is 7.08. The summed E-state index contributed by atoms with van der Waals surface area (Å²) in [6, 6.07) is 7.12. The summed E-state index contributed by atoms with van der Waals surface area (Å²) in [5.41, 5.74) is 2.33. The van der Waals surface area contributed by atoms with Gasteiger partial charge in [-0.05, 0) is 17.7 Å². The summed E-state index contributed by atoms with van der Waals surface area (Å²) < 4.78 is 5.78. The molecule has 0 spiro atoms. The van der Waals surface area contributed by atoms with Gasteiger partial charge in [0.25, 0.3) is 0 Å². The van der Waals surface area contributed by atoms with Crippen LogP contribution in [0.5, 0.6) is 0 Å². The highest BCUT2D eigenvalue weighted by Gasteiger charge is 2.24. The van der Waals surface area contributed by atoms with Gasteiger partial charge in [-0.2, -0.15) is 0 Å². The second kappa shape index (κ2) is 5.63. The number of carbonyl (C=O) groups excluding carboxylic acids is 1. The number of carboxylic acids is 1. The molecule has 1 N–H and O–H groups in total. The molecule has 1 aliphatic heterocycles. The van der Waals surface area contributed by atoms with E-state index in [2.05, 4.69) is 4.98 Å². The standard InChI is InChI=1S/C16H16N2O4/c1-10(19)18-7-6-14-13(9-18)17-16(22-14)12-4-2-11(3-5-12)8-15(20)21/h2-5H,6-9H2,1H3,(H,20,21). The molecule has 1 aromatic heterocycles. The van der Waals surface area contributed by atoms with Crippen molar-refractivity contribution >= 4 is 11.9 Å². The second-order valence-corrected chi connectivity index (χ2v) is 5.35. The molecule has 1 aliphatic rings. The maximum absolute atomic E-state index is 11.4. The van der Waals surface area contributed by atoms with Crippen molar-refractivity contribution in [1.29, 1.82) is 0 Å². The SMILES string of the molecule is CC(=O)N1CCc2oc(-c3ccc(CC(=O)O)cc3)nc2C1. The van der Waals surface area contributed by atoms with Crippen molar-refractivity contribution in [3.8, 4) is 11.5 Å². The predicted molar refractivity (Wildman–Crippen MR) is 78.1 cm³/mol. The van der Waals surface area contributed by atoms with Crippen molar-refractivity contribution in [1.82, 2.24) is 9.88 Å². The largest absolute Gasteiger partial charge is 0.481 e. The van der Waals surface area contributed by atoms with Crippen molar-refractivity contribution in [3.63, 3.8) is 0 Å². The maximum Gasteiger partial charge on any atom is 0.307 e. The van der Waals surface area contributed by atoms with E-state index in [0.717, 1.165) is 22.6 Å². The molecule has 0 aliphatic carbocycles. The van der Waals surface area contributed by atoms with Gasteiger partial charge in [0, 0.05) is 25.5 Å². The minimum absolute atomic E-state index is 0.00403. The molecular weight excluding hydrogens is 284 g/mol. The lowest BCUT2D eigenvalue weighted by Gasteiger charge is -2.23. The Kier molecular flexibility index (Phi) is 3.66. The summed E-state index contributed by atoms with van der Waals surface area (Å²) >= 11 is 0. The van der Waals surface area contributed by atoms with Crippen LogP contribution in [0.1, 0.15) is 23.9 Å². The molecule has 6 nitrogen and oxygen atoms in total. The minimum atomic E-state index is -0.858. The van der Waals surface area contributed by atoms with Crippen LogP contribution in [0.4, 0.5) is 0 Å². The van der Waals surface area contributed by atoms with Gasteiger partial charge in [-0.1, -0.05) is 12.1 Å². The van der Waals surface area contributed by atoms with Gasteiger partial charge in [0.1, 0.15) is 11.5 Å². The highest BCUT2D eigenvalue weighted by atomic mass is 16.4. The van der Waals surface area contributed by atoms with Gasteiger partial charge >= 0.3 is 5.97 Å². The van der Waals surface area contributed by atoms with Crippen LogP contribution < -0.4 is 0 Å². The first-order chi connectivity index (χ1) is 10.5. The molecule has 0 saturated heterocycles. The number of rotatable bonds is 3. The van der Waals surface area contributed by atoms with Crippen LogP contribution in [0.2, 0.25) is 0 Å². The molecule has 0 fully saturated rings. The zero-order chi connectivity index (χ0) is 15.7. The molecule has 1 aromatic carbocycles. The fourth-order valence-electron chi connectivity index (χ4n) is 2.53. The number of benzene rings is 1. The Hall–Kier alpha value is -2.63. The zero-order valence-corrected chi connectivity index (χ0v) is 12.2. The highest BCUT2D eigenvalue weighted by Crippen LogP contribution is 2.26. The summed E-state index contributed by atoms with van der Waals surface area (Å²) in [6.07, 6.45) is 0.662. The molecule has 0 unspecified atom stereocenters. The average molecular weight is 300 g/mol.